The van der Waals surface area contributed by atoms with Crippen LogP contribution >= 0.6 is 0 Å². The number of likely N-dealkylation sites (N-methyl/N-ethyl adjacent to an activating group) is 1. The van der Waals surface area contributed by atoms with Gasteiger partial charge in [-0.25, -0.2) is 8.78 Å². The first kappa shape index (κ1) is 12.1. The van der Waals surface area contributed by atoms with Gasteiger partial charge in [-0.05, 0) is 12.6 Å². The zero-order chi connectivity index (χ0) is 11.3. The molecule has 0 saturated carbocycles. The summed E-state index contributed by atoms with van der Waals surface area (Å²) in [6.07, 6.45) is 0. The van der Waals surface area contributed by atoms with Crippen molar-refractivity contribution in [3.8, 4) is 0 Å². The van der Waals surface area contributed by atoms with Crippen LogP contribution in [0.2, 0.25) is 0 Å². The Morgan fingerprint density at radius 3 is 2.67 bits per heavy atom. The average molecular weight is 214 g/mol. The van der Waals surface area contributed by atoms with Gasteiger partial charge in [-0.1, -0.05) is 19.1 Å². The van der Waals surface area contributed by atoms with E-state index in [1.54, 1.807) is 6.07 Å². The molecule has 1 rings (SSSR count). The molecule has 0 bridgehead atoms. The van der Waals surface area contributed by atoms with Crippen LogP contribution in [-0.4, -0.2) is 24.5 Å². The summed E-state index contributed by atoms with van der Waals surface area (Å²) in [6, 6.07) is 4.24. The molecule has 0 aliphatic rings. The van der Waals surface area contributed by atoms with Gasteiger partial charge in [0, 0.05) is 25.2 Å². The van der Waals surface area contributed by atoms with Gasteiger partial charge >= 0.3 is 0 Å². The normalized spacial score (nSPS) is 11.0. The van der Waals surface area contributed by atoms with Gasteiger partial charge in [0.05, 0.1) is 0 Å². The van der Waals surface area contributed by atoms with E-state index >= 15 is 0 Å². The highest BCUT2D eigenvalue weighted by Gasteiger charge is 2.10. The Kier molecular flexibility index (Phi) is 4.65. The molecule has 0 aliphatic carbocycles. The van der Waals surface area contributed by atoms with Gasteiger partial charge in [0.1, 0.15) is 0 Å². The zero-order valence-corrected chi connectivity index (χ0v) is 8.84. The number of benzene rings is 1. The van der Waals surface area contributed by atoms with Crippen molar-refractivity contribution in [2.24, 2.45) is 5.73 Å². The summed E-state index contributed by atoms with van der Waals surface area (Å²) in [5.74, 6) is -1.55. The summed E-state index contributed by atoms with van der Waals surface area (Å²) >= 11 is 0. The van der Waals surface area contributed by atoms with Crippen molar-refractivity contribution in [3.63, 3.8) is 0 Å². The summed E-state index contributed by atoms with van der Waals surface area (Å²) in [6.45, 7) is 4.34. The molecule has 0 spiro atoms. The highest BCUT2D eigenvalue weighted by Crippen LogP contribution is 2.13. The van der Waals surface area contributed by atoms with Crippen LogP contribution in [0.25, 0.3) is 0 Å². The van der Waals surface area contributed by atoms with Crippen molar-refractivity contribution in [3.05, 3.63) is 35.4 Å². The molecule has 0 radical (unpaired) electrons. The zero-order valence-electron chi connectivity index (χ0n) is 8.84. The molecular formula is C11H16F2N2. The van der Waals surface area contributed by atoms with Crippen molar-refractivity contribution in [1.82, 2.24) is 4.90 Å². The minimum absolute atomic E-state index is 0.380. The molecule has 1 aromatic rings. The third kappa shape index (κ3) is 3.25. The highest BCUT2D eigenvalue weighted by molar-refractivity contribution is 5.18. The smallest absolute Gasteiger partial charge is 0.163 e. The Morgan fingerprint density at radius 1 is 1.33 bits per heavy atom. The Hall–Kier alpha value is -1.00. The van der Waals surface area contributed by atoms with Crippen LogP contribution in [0.5, 0.6) is 0 Å². The summed E-state index contributed by atoms with van der Waals surface area (Å²) in [5.41, 5.74) is 5.80. The molecule has 0 aromatic heterocycles. The molecule has 0 aliphatic heterocycles. The number of rotatable bonds is 5. The molecule has 15 heavy (non-hydrogen) atoms. The largest absolute Gasteiger partial charge is 0.329 e. The lowest BCUT2D eigenvalue weighted by Crippen LogP contribution is -2.29. The van der Waals surface area contributed by atoms with Crippen LogP contribution < -0.4 is 5.73 Å². The summed E-state index contributed by atoms with van der Waals surface area (Å²) < 4.78 is 26.2. The first-order valence-corrected chi connectivity index (χ1v) is 5.04. The number of hydrogen-bond donors (Lipinski definition) is 1. The number of nitrogens with two attached hydrogens (primary N) is 1. The van der Waals surface area contributed by atoms with Crippen LogP contribution in [0.4, 0.5) is 8.78 Å². The third-order valence-corrected chi connectivity index (χ3v) is 2.32. The standard InChI is InChI=1S/C11H16F2N2/c1-2-15(7-6-14)8-9-4-3-5-10(12)11(9)13/h3-5H,2,6-8,14H2,1H3. The molecule has 0 saturated heterocycles. The molecule has 1 aromatic carbocycles. The molecule has 0 heterocycles. The quantitative estimate of drug-likeness (QED) is 0.809. The van der Waals surface area contributed by atoms with Crippen molar-refractivity contribution in [2.75, 3.05) is 19.6 Å². The summed E-state index contributed by atoms with van der Waals surface area (Å²) in [4.78, 5) is 1.97. The lowest BCUT2D eigenvalue weighted by atomic mass is 10.2. The molecule has 2 nitrogen and oxygen atoms in total. The van der Waals surface area contributed by atoms with Gasteiger partial charge < -0.3 is 5.73 Å². The van der Waals surface area contributed by atoms with E-state index in [-0.39, 0.29) is 0 Å². The second-order valence-electron chi connectivity index (χ2n) is 3.37. The van der Waals surface area contributed by atoms with E-state index in [1.807, 2.05) is 11.8 Å². The van der Waals surface area contributed by atoms with E-state index < -0.39 is 11.6 Å². The van der Waals surface area contributed by atoms with Crippen LogP contribution in [0.1, 0.15) is 12.5 Å². The molecular weight excluding hydrogens is 198 g/mol. The van der Waals surface area contributed by atoms with E-state index in [9.17, 15) is 8.78 Å². The second-order valence-corrected chi connectivity index (χ2v) is 3.37. The van der Waals surface area contributed by atoms with Gasteiger partial charge in [0.15, 0.2) is 11.6 Å². The third-order valence-electron chi connectivity index (χ3n) is 2.32. The van der Waals surface area contributed by atoms with Gasteiger partial charge in [0.2, 0.25) is 0 Å². The van der Waals surface area contributed by atoms with E-state index in [2.05, 4.69) is 0 Å². The van der Waals surface area contributed by atoms with Gasteiger partial charge in [-0.2, -0.15) is 0 Å². The monoisotopic (exact) mass is 214 g/mol. The highest BCUT2D eigenvalue weighted by atomic mass is 19.2. The molecule has 0 amide bonds. The maximum Gasteiger partial charge on any atom is 0.163 e. The second kappa shape index (κ2) is 5.78. The van der Waals surface area contributed by atoms with E-state index in [4.69, 9.17) is 5.73 Å². The minimum Gasteiger partial charge on any atom is -0.329 e. The van der Waals surface area contributed by atoms with Crippen molar-refractivity contribution >= 4 is 0 Å². The SMILES string of the molecule is CCN(CCN)Cc1cccc(F)c1F. The maximum absolute atomic E-state index is 13.3. The number of halogens is 2. The minimum atomic E-state index is -0.795. The fourth-order valence-corrected chi connectivity index (χ4v) is 1.44. The molecule has 0 atom stereocenters. The van der Waals surface area contributed by atoms with Crippen LogP contribution in [0.15, 0.2) is 18.2 Å². The molecule has 0 unspecified atom stereocenters. The summed E-state index contributed by atoms with van der Waals surface area (Å²) in [7, 11) is 0. The Labute approximate surface area is 88.7 Å². The first-order chi connectivity index (χ1) is 7.19. The lowest BCUT2D eigenvalue weighted by molar-refractivity contribution is 0.282. The fraction of sp³-hybridized carbons (Fsp3) is 0.455. The predicted octanol–water partition coefficient (Wildman–Crippen LogP) is 1.75. The van der Waals surface area contributed by atoms with Crippen molar-refractivity contribution in [2.45, 2.75) is 13.5 Å². The van der Waals surface area contributed by atoms with Gasteiger partial charge in [-0.15, -0.1) is 0 Å². The lowest BCUT2D eigenvalue weighted by Gasteiger charge is -2.19. The fourth-order valence-electron chi connectivity index (χ4n) is 1.44. The molecule has 84 valence electrons. The van der Waals surface area contributed by atoms with E-state index in [0.717, 1.165) is 12.6 Å². The Bertz CT molecular complexity index is 315. The predicted molar refractivity (Wildman–Crippen MR) is 56.4 cm³/mol. The first-order valence-electron chi connectivity index (χ1n) is 5.04. The van der Waals surface area contributed by atoms with Crippen molar-refractivity contribution in [1.29, 1.82) is 0 Å². The Morgan fingerprint density at radius 2 is 2.07 bits per heavy atom. The van der Waals surface area contributed by atoms with E-state index in [0.29, 0.717) is 25.2 Å². The maximum atomic E-state index is 13.3. The van der Waals surface area contributed by atoms with Crippen LogP contribution in [0.3, 0.4) is 0 Å². The summed E-state index contributed by atoms with van der Waals surface area (Å²) in [5, 5.41) is 0. The Balaban J connectivity index is 2.74. The van der Waals surface area contributed by atoms with Crippen LogP contribution in [0, 0.1) is 11.6 Å². The average Bonchev–Trinajstić information content (AvgIpc) is 2.24. The van der Waals surface area contributed by atoms with Crippen molar-refractivity contribution < 1.29 is 8.78 Å². The number of hydrogen-bond acceptors (Lipinski definition) is 2. The number of nitrogens with zero attached hydrogens (tertiary/aromatic N) is 1. The van der Waals surface area contributed by atoms with Gasteiger partial charge in [-0.3, -0.25) is 4.90 Å². The topological polar surface area (TPSA) is 29.3 Å². The molecule has 2 N–H and O–H groups in total. The van der Waals surface area contributed by atoms with Gasteiger partial charge in [0.25, 0.3) is 0 Å². The molecule has 4 heteroatoms. The van der Waals surface area contributed by atoms with E-state index in [1.165, 1.54) is 6.07 Å². The molecule has 0 fully saturated rings. The van der Waals surface area contributed by atoms with Crippen LogP contribution in [-0.2, 0) is 6.54 Å².